The summed E-state index contributed by atoms with van der Waals surface area (Å²) in [6, 6.07) is 3.74. The number of hydrogen-bond donors (Lipinski definition) is 0. The molecule has 0 aromatic heterocycles. The van der Waals surface area contributed by atoms with Crippen LogP contribution in [0.2, 0.25) is 5.02 Å². The van der Waals surface area contributed by atoms with Crippen molar-refractivity contribution in [1.29, 1.82) is 0 Å². The average Bonchev–Trinajstić information content (AvgIpc) is 2.66. The number of carbonyl (C=O) groups excluding carboxylic acids is 4. The van der Waals surface area contributed by atoms with Gasteiger partial charge >= 0.3 is 17.9 Å². The lowest BCUT2D eigenvalue weighted by atomic mass is 9.96. The zero-order valence-corrected chi connectivity index (χ0v) is 18.1. The Morgan fingerprint density at radius 2 is 1.74 bits per heavy atom. The standard InChI is InChI=1S/C20H22ClNO9/c1-10-5-6-15(14(21)7-10)30-20-19(29-13(4)26)17(22-9-23)18(28-12(3)25)16(31-20)8-27-11(2)24/h5-7,16-20H,8H2,1-4H3. The smallest absolute Gasteiger partial charge is 0.303 e. The predicted molar refractivity (Wildman–Crippen MR) is 105 cm³/mol. The van der Waals surface area contributed by atoms with Gasteiger partial charge in [-0.1, -0.05) is 17.7 Å². The lowest BCUT2D eigenvalue weighted by Gasteiger charge is -2.42. The minimum atomic E-state index is -1.32. The molecular formula is C20H22ClNO9. The first-order chi connectivity index (χ1) is 14.6. The molecule has 11 heteroatoms. The highest BCUT2D eigenvalue weighted by molar-refractivity contribution is 6.32. The second-order valence-electron chi connectivity index (χ2n) is 6.76. The fraction of sp³-hybridized carbons (Fsp3) is 0.500. The largest absolute Gasteiger partial charge is 0.463 e. The van der Waals surface area contributed by atoms with E-state index in [-0.39, 0.29) is 17.4 Å². The molecule has 0 aliphatic carbocycles. The Balaban J connectivity index is 2.46. The van der Waals surface area contributed by atoms with Crippen molar-refractivity contribution in [2.75, 3.05) is 6.61 Å². The number of aliphatic imine (C=N–C) groups is 1. The highest BCUT2D eigenvalue weighted by Crippen LogP contribution is 2.33. The number of isocyanates is 1. The van der Waals surface area contributed by atoms with Crippen LogP contribution in [-0.2, 0) is 38.1 Å². The molecule has 1 heterocycles. The molecule has 2 rings (SSSR count). The number of aryl methyl sites for hydroxylation is 1. The molecule has 1 aromatic carbocycles. The minimum absolute atomic E-state index is 0.209. The Hall–Kier alpha value is -2.94. The monoisotopic (exact) mass is 455 g/mol. The van der Waals surface area contributed by atoms with E-state index in [0.29, 0.717) is 0 Å². The lowest BCUT2D eigenvalue weighted by Crippen LogP contribution is -2.62. The van der Waals surface area contributed by atoms with Crippen molar-refractivity contribution in [1.82, 2.24) is 0 Å². The number of hydrogen-bond acceptors (Lipinski definition) is 10. The molecular weight excluding hydrogens is 434 g/mol. The molecule has 1 saturated heterocycles. The van der Waals surface area contributed by atoms with Gasteiger partial charge in [-0.25, -0.2) is 4.79 Å². The van der Waals surface area contributed by atoms with Crippen LogP contribution < -0.4 is 4.74 Å². The molecule has 1 aromatic rings. The summed E-state index contributed by atoms with van der Waals surface area (Å²) in [6.07, 6.45) is -3.55. The van der Waals surface area contributed by atoms with Gasteiger partial charge in [0.2, 0.25) is 12.4 Å². The van der Waals surface area contributed by atoms with E-state index in [4.69, 9.17) is 35.3 Å². The van der Waals surface area contributed by atoms with Crippen LogP contribution in [0.25, 0.3) is 0 Å². The number of halogens is 1. The average molecular weight is 456 g/mol. The summed E-state index contributed by atoms with van der Waals surface area (Å²) in [4.78, 5) is 49.4. The Morgan fingerprint density at radius 3 is 2.29 bits per heavy atom. The van der Waals surface area contributed by atoms with E-state index >= 15 is 0 Å². The summed E-state index contributed by atoms with van der Waals surface area (Å²) in [5, 5.41) is 0.263. The van der Waals surface area contributed by atoms with Crippen LogP contribution in [0, 0.1) is 6.92 Å². The Bertz CT molecular complexity index is 883. The zero-order valence-electron chi connectivity index (χ0n) is 17.3. The third-order valence-electron chi connectivity index (χ3n) is 4.20. The number of benzene rings is 1. The number of nitrogens with zero attached hydrogens (tertiary/aromatic N) is 1. The third kappa shape index (κ3) is 6.78. The minimum Gasteiger partial charge on any atom is -0.463 e. The molecule has 0 bridgehead atoms. The van der Waals surface area contributed by atoms with E-state index in [0.717, 1.165) is 19.4 Å². The second-order valence-corrected chi connectivity index (χ2v) is 7.16. The fourth-order valence-corrected chi connectivity index (χ4v) is 3.29. The molecule has 31 heavy (non-hydrogen) atoms. The summed E-state index contributed by atoms with van der Waals surface area (Å²) in [6.45, 7) is 4.96. The van der Waals surface area contributed by atoms with E-state index in [1.54, 1.807) is 18.2 Å². The van der Waals surface area contributed by atoms with Crippen LogP contribution in [0.3, 0.4) is 0 Å². The topological polar surface area (TPSA) is 127 Å². The van der Waals surface area contributed by atoms with Crippen molar-refractivity contribution in [2.45, 2.75) is 58.3 Å². The normalized spacial score (nSPS) is 25.0. The van der Waals surface area contributed by atoms with Crippen LogP contribution in [0.4, 0.5) is 0 Å². The number of rotatable bonds is 7. The molecule has 1 aliphatic heterocycles. The third-order valence-corrected chi connectivity index (χ3v) is 4.50. The molecule has 0 saturated carbocycles. The zero-order chi connectivity index (χ0) is 23.1. The van der Waals surface area contributed by atoms with Crippen molar-refractivity contribution >= 4 is 35.6 Å². The van der Waals surface area contributed by atoms with E-state index in [2.05, 4.69) is 4.99 Å². The SMILES string of the molecule is CC(=O)OCC1OC(Oc2ccc(C)cc2Cl)C(OC(C)=O)C(N=C=O)C1OC(C)=O. The van der Waals surface area contributed by atoms with E-state index < -0.39 is 48.6 Å². The van der Waals surface area contributed by atoms with E-state index in [1.165, 1.54) is 13.0 Å². The van der Waals surface area contributed by atoms with Gasteiger partial charge in [0, 0.05) is 20.8 Å². The Morgan fingerprint density at radius 1 is 1.10 bits per heavy atom. The van der Waals surface area contributed by atoms with E-state index in [9.17, 15) is 19.2 Å². The Labute approximate surface area is 183 Å². The first-order valence-corrected chi connectivity index (χ1v) is 9.63. The van der Waals surface area contributed by atoms with Gasteiger partial charge < -0.3 is 23.7 Å². The van der Waals surface area contributed by atoms with Crippen LogP contribution in [0.5, 0.6) is 5.75 Å². The van der Waals surface area contributed by atoms with Crippen molar-refractivity contribution in [3.63, 3.8) is 0 Å². The van der Waals surface area contributed by atoms with E-state index in [1.807, 2.05) is 6.92 Å². The molecule has 168 valence electrons. The number of esters is 3. The van der Waals surface area contributed by atoms with Crippen molar-refractivity contribution in [3.8, 4) is 5.75 Å². The quantitative estimate of drug-likeness (QED) is 0.262. The number of ether oxygens (including phenoxy) is 5. The molecule has 1 aliphatic rings. The molecule has 5 unspecified atom stereocenters. The van der Waals surface area contributed by atoms with Gasteiger partial charge in [-0.2, -0.15) is 4.99 Å². The van der Waals surface area contributed by atoms with Crippen LogP contribution >= 0.6 is 11.6 Å². The van der Waals surface area contributed by atoms with Crippen LogP contribution in [0.15, 0.2) is 23.2 Å². The molecule has 5 atom stereocenters. The van der Waals surface area contributed by atoms with Gasteiger partial charge in [0.25, 0.3) is 0 Å². The van der Waals surface area contributed by atoms with Crippen LogP contribution in [-0.4, -0.2) is 61.2 Å². The Kier molecular flexibility index (Phi) is 8.56. The summed E-state index contributed by atoms with van der Waals surface area (Å²) >= 11 is 6.22. The summed E-state index contributed by atoms with van der Waals surface area (Å²) in [7, 11) is 0. The fourth-order valence-electron chi connectivity index (χ4n) is 3.01. The number of carbonyl (C=O) groups is 3. The van der Waals surface area contributed by atoms with Crippen molar-refractivity contribution < 1.29 is 42.9 Å². The van der Waals surface area contributed by atoms with Gasteiger partial charge in [0.15, 0.2) is 12.2 Å². The van der Waals surface area contributed by atoms with Crippen LogP contribution in [0.1, 0.15) is 26.3 Å². The summed E-state index contributed by atoms with van der Waals surface area (Å²) in [5.41, 5.74) is 0.879. The maximum Gasteiger partial charge on any atom is 0.303 e. The molecule has 10 nitrogen and oxygen atoms in total. The van der Waals surface area contributed by atoms with Crippen molar-refractivity contribution in [3.05, 3.63) is 28.8 Å². The molecule has 0 spiro atoms. The van der Waals surface area contributed by atoms with Gasteiger partial charge in [-0.15, -0.1) is 0 Å². The van der Waals surface area contributed by atoms with Gasteiger partial charge in [0.1, 0.15) is 24.5 Å². The highest BCUT2D eigenvalue weighted by Gasteiger charge is 2.51. The first kappa shape index (κ1) is 24.3. The summed E-state index contributed by atoms with van der Waals surface area (Å²) < 4.78 is 27.2. The molecule has 0 N–H and O–H groups in total. The maximum atomic E-state index is 11.7. The first-order valence-electron chi connectivity index (χ1n) is 9.25. The highest BCUT2D eigenvalue weighted by atomic mass is 35.5. The lowest BCUT2D eigenvalue weighted by molar-refractivity contribution is -0.258. The van der Waals surface area contributed by atoms with Gasteiger partial charge in [-0.3, -0.25) is 14.4 Å². The maximum absolute atomic E-state index is 11.7. The van der Waals surface area contributed by atoms with Gasteiger partial charge in [-0.05, 0) is 24.6 Å². The molecule has 0 radical (unpaired) electrons. The predicted octanol–water partition coefficient (Wildman–Crippen LogP) is 1.88. The van der Waals surface area contributed by atoms with Gasteiger partial charge in [0.05, 0.1) is 5.02 Å². The second kappa shape index (κ2) is 10.9. The summed E-state index contributed by atoms with van der Waals surface area (Å²) in [5.74, 6) is -1.83. The van der Waals surface area contributed by atoms with Crippen molar-refractivity contribution in [2.24, 2.45) is 4.99 Å². The molecule has 1 fully saturated rings. The molecule has 0 amide bonds.